The third-order valence-corrected chi connectivity index (χ3v) is 3.02. The Labute approximate surface area is 129 Å². The Balaban J connectivity index is 2.74. The molecule has 0 aromatic heterocycles. The first kappa shape index (κ1) is 18.6. The topological polar surface area (TPSA) is 185 Å². The highest BCUT2D eigenvalue weighted by atomic mass is 16.5. The SMILES string of the molecule is O=CC(O)(CO)C(O)C(O)COC(=O)c1cc(O)c(O)c(O)c1. The lowest BCUT2D eigenvalue weighted by Gasteiger charge is -2.28. The number of ether oxygens (including phenoxy) is 1. The normalized spacial score (nSPS) is 16.2. The van der Waals surface area contributed by atoms with Gasteiger partial charge in [-0.05, 0) is 12.1 Å². The molecule has 0 saturated heterocycles. The van der Waals surface area contributed by atoms with Gasteiger partial charge < -0.3 is 40.5 Å². The van der Waals surface area contributed by atoms with Crippen LogP contribution in [-0.4, -0.2) is 79.0 Å². The van der Waals surface area contributed by atoms with Crippen LogP contribution in [0.25, 0.3) is 0 Å². The highest BCUT2D eigenvalue weighted by Gasteiger charge is 2.40. The Hall–Kier alpha value is -2.40. The smallest absolute Gasteiger partial charge is 0.338 e. The van der Waals surface area contributed by atoms with Gasteiger partial charge in [0.1, 0.15) is 18.8 Å². The molecule has 10 nitrogen and oxygen atoms in total. The maximum atomic E-state index is 11.7. The van der Waals surface area contributed by atoms with E-state index >= 15 is 0 Å². The van der Waals surface area contributed by atoms with Crippen LogP contribution in [0.4, 0.5) is 0 Å². The number of phenolic OH excluding ortho intramolecular Hbond substituents is 3. The van der Waals surface area contributed by atoms with Gasteiger partial charge in [0.2, 0.25) is 0 Å². The number of phenols is 3. The van der Waals surface area contributed by atoms with E-state index in [4.69, 9.17) is 10.2 Å². The van der Waals surface area contributed by atoms with Crippen LogP contribution in [0, 0.1) is 0 Å². The summed E-state index contributed by atoms with van der Waals surface area (Å²) < 4.78 is 4.58. The number of aromatic hydroxyl groups is 3. The summed E-state index contributed by atoms with van der Waals surface area (Å²) in [6.07, 6.45) is -4.20. The van der Waals surface area contributed by atoms with E-state index in [9.17, 15) is 35.1 Å². The molecule has 1 aromatic rings. The van der Waals surface area contributed by atoms with Crippen molar-refractivity contribution >= 4 is 12.3 Å². The number of aliphatic hydroxyl groups excluding tert-OH is 3. The molecule has 0 aliphatic carbocycles. The van der Waals surface area contributed by atoms with Crippen molar-refractivity contribution < 1.29 is 50.1 Å². The minimum atomic E-state index is -2.62. The standard InChI is InChI=1S/C13H16O10/c14-4-13(22,5-15)11(20)9(18)3-23-12(21)6-1-7(16)10(19)8(17)2-6/h1-2,4,9,11,15-20,22H,3,5H2. The van der Waals surface area contributed by atoms with Crippen molar-refractivity contribution in [1.29, 1.82) is 0 Å². The molecule has 23 heavy (non-hydrogen) atoms. The first-order valence-corrected chi connectivity index (χ1v) is 6.24. The number of rotatable bonds is 7. The van der Waals surface area contributed by atoms with Crippen molar-refractivity contribution in [2.45, 2.75) is 17.8 Å². The fourth-order valence-electron chi connectivity index (χ4n) is 1.59. The van der Waals surface area contributed by atoms with Gasteiger partial charge in [-0.1, -0.05) is 0 Å². The number of carbonyl (C=O) groups is 2. The van der Waals surface area contributed by atoms with Crippen LogP contribution in [0.15, 0.2) is 12.1 Å². The van der Waals surface area contributed by atoms with Gasteiger partial charge in [-0.3, -0.25) is 4.79 Å². The molecule has 0 fully saturated rings. The molecular formula is C13H16O10. The van der Waals surface area contributed by atoms with E-state index in [1.807, 2.05) is 0 Å². The number of carbonyl (C=O) groups excluding carboxylic acids is 2. The molecule has 3 unspecified atom stereocenters. The van der Waals surface area contributed by atoms with Gasteiger partial charge in [-0.25, -0.2) is 4.79 Å². The summed E-state index contributed by atoms with van der Waals surface area (Å²) in [7, 11) is 0. The molecule has 0 spiro atoms. The zero-order chi connectivity index (χ0) is 17.8. The lowest BCUT2D eigenvalue weighted by molar-refractivity contribution is -0.162. The molecule has 0 amide bonds. The summed E-state index contributed by atoms with van der Waals surface area (Å²) in [5.41, 5.74) is -2.99. The Morgan fingerprint density at radius 2 is 1.74 bits per heavy atom. The summed E-state index contributed by atoms with van der Waals surface area (Å²) in [5, 5.41) is 65.1. The van der Waals surface area contributed by atoms with Gasteiger partial charge in [-0.15, -0.1) is 0 Å². The summed E-state index contributed by atoms with van der Waals surface area (Å²) in [6, 6.07) is 1.57. The minimum Gasteiger partial charge on any atom is -0.504 e. The van der Waals surface area contributed by atoms with E-state index in [1.54, 1.807) is 0 Å². The first-order chi connectivity index (χ1) is 10.7. The maximum absolute atomic E-state index is 11.7. The van der Waals surface area contributed by atoms with Gasteiger partial charge in [-0.2, -0.15) is 0 Å². The van der Waals surface area contributed by atoms with Crippen LogP contribution in [0.2, 0.25) is 0 Å². The Morgan fingerprint density at radius 3 is 2.17 bits per heavy atom. The van der Waals surface area contributed by atoms with Crippen LogP contribution < -0.4 is 0 Å². The van der Waals surface area contributed by atoms with Crippen LogP contribution in [0.1, 0.15) is 10.4 Å². The molecule has 0 aliphatic rings. The fourth-order valence-corrected chi connectivity index (χ4v) is 1.59. The van der Waals surface area contributed by atoms with Crippen molar-refractivity contribution in [2.24, 2.45) is 0 Å². The molecule has 1 rings (SSSR count). The first-order valence-electron chi connectivity index (χ1n) is 6.24. The molecule has 0 saturated carbocycles. The zero-order valence-corrected chi connectivity index (χ0v) is 11.7. The molecule has 10 heteroatoms. The Kier molecular flexibility index (Phi) is 5.87. The van der Waals surface area contributed by atoms with Gasteiger partial charge in [0.15, 0.2) is 29.1 Å². The van der Waals surface area contributed by atoms with E-state index in [0.717, 1.165) is 12.1 Å². The van der Waals surface area contributed by atoms with E-state index in [2.05, 4.69) is 4.74 Å². The second-order valence-corrected chi connectivity index (χ2v) is 4.74. The predicted molar refractivity (Wildman–Crippen MR) is 71.8 cm³/mol. The highest BCUT2D eigenvalue weighted by Crippen LogP contribution is 2.35. The average molecular weight is 332 g/mol. The van der Waals surface area contributed by atoms with Crippen molar-refractivity contribution in [3.8, 4) is 17.2 Å². The Bertz CT molecular complexity index is 563. The summed E-state index contributed by atoms with van der Waals surface area (Å²) in [4.78, 5) is 22.3. The highest BCUT2D eigenvalue weighted by molar-refractivity contribution is 5.91. The maximum Gasteiger partial charge on any atom is 0.338 e. The zero-order valence-electron chi connectivity index (χ0n) is 11.7. The second kappa shape index (κ2) is 7.24. The molecule has 1 aromatic carbocycles. The molecule has 7 N–H and O–H groups in total. The third-order valence-electron chi connectivity index (χ3n) is 3.02. The van der Waals surface area contributed by atoms with Crippen LogP contribution in [0.3, 0.4) is 0 Å². The Morgan fingerprint density at radius 1 is 1.22 bits per heavy atom. The fraction of sp³-hybridized carbons (Fsp3) is 0.385. The molecule has 3 atom stereocenters. The monoisotopic (exact) mass is 332 g/mol. The van der Waals surface area contributed by atoms with E-state index in [-0.39, 0.29) is 11.8 Å². The van der Waals surface area contributed by atoms with Gasteiger partial charge in [0.05, 0.1) is 12.2 Å². The van der Waals surface area contributed by atoms with E-state index in [1.165, 1.54) is 0 Å². The van der Waals surface area contributed by atoms with Gasteiger partial charge in [0.25, 0.3) is 0 Å². The molecule has 0 radical (unpaired) electrons. The van der Waals surface area contributed by atoms with Crippen LogP contribution in [0.5, 0.6) is 17.2 Å². The molecular weight excluding hydrogens is 316 g/mol. The van der Waals surface area contributed by atoms with Crippen molar-refractivity contribution in [2.75, 3.05) is 13.2 Å². The van der Waals surface area contributed by atoms with Crippen LogP contribution in [-0.2, 0) is 9.53 Å². The number of benzene rings is 1. The average Bonchev–Trinajstić information content (AvgIpc) is 2.55. The van der Waals surface area contributed by atoms with Gasteiger partial charge >= 0.3 is 5.97 Å². The molecule has 128 valence electrons. The predicted octanol–water partition coefficient (Wildman–Crippen LogP) is -2.40. The van der Waals surface area contributed by atoms with Crippen molar-refractivity contribution in [1.82, 2.24) is 0 Å². The molecule has 0 aliphatic heterocycles. The third kappa shape index (κ3) is 4.07. The largest absolute Gasteiger partial charge is 0.504 e. The number of aliphatic hydroxyl groups is 4. The van der Waals surface area contributed by atoms with Crippen molar-refractivity contribution in [3.05, 3.63) is 17.7 Å². The summed E-state index contributed by atoms with van der Waals surface area (Å²) >= 11 is 0. The number of hydrogen-bond donors (Lipinski definition) is 7. The summed E-state index contributed by atoms with van der Waals surface area (Å²) in [5.74, 6) is -3.54. The van der Waals surface area contributed by atoms with Gasteiger partial charge in [0, 0.05) is 0 Å². The van der Waals surface area contributed by atoms with Crippen LogP contribution >= 0.6 is 0 Å². The van der Waals surface area contributed by atoms with E-state index in [0.29, 0.717) is 0 Å². The number of esters is 1. The quantitative estimate of drug-likeness (QED) is 0.161. The number of hydrogen-bond acceptors (Lipinski definition) is 10. The van der Waals surface area contributed by atoms with E-state index < -0.39 is 54.2 Å². The van der Waals surface area contributed by atoms with Crippen molar-refractivity contribution in [3.63, 3.8) is 0 Å². The number of aldehydes is 1. The molecule has 0 bridgehead atoms. The molecule has 0 heterocycles. The lowest BCUT2D eigenvalue weighted by atomic mass is 9.95. The minimum absolute atomic E-state index is 0.168. The summed E-state index contributed by atoms with van der Waals surface area (Å²) in [6.45, 7) is -2.03. The lowest BCUT2D eigenvalue weighted by Crippen LogP contribution is -2.54. The second-order valence-electron chi connectivity index (χ2n) is 4.74.